The van der Waals surface area contributed by atoms with Crippen LogP contribution in [0.3, 0.4) is 0 Å². The van der Waals surface area contributed by atoms with Crippen LogP contribution in [0.15, 0.2) is 30.5 Å². The monoisotopic (exact) mass is 401 g/mol. The Morgan fingerprint density at radius 2 is 1.90 bits per heavy atom. The summed E-state index contributed by atoms with van der Waals surface area (Å²) in [6.07, 6.45) is 3.18. The molecule has 1 aromatic carbocycles. The van der Waals surface area contributed by atoms with E-state index < -0.39 is 17.0 Å². The Hall–Kier alpha value is -2.37. The molecular formula is C23H29F2N3O. The fraction of sp³-hybridized carbons (Fsp3) is 0.522. The van der Waals surface area contributed by atoms with Crippen molar-refractivity contribution in [3.8, 4) is 11.3 Å². The van der Waals surface area contributed by atoms with Gasteiger partial charge in [-0.2, -0.15) is 10.2 Å². The molecule has 4 nitrogen and oxygen atoms in total. The van der Waals surface area contributed by atoms with Crippen LogP contribution in [0, 0.1) is 28.4 Å². The van der Waals surface area contributed by atoms with Crippen molar-refractivity contribution in [1.29, 1.82) is 0 Å². The smallest absolute Gasteiger partial charge is 0.226 e. The van der Waals surface area contributed by atoms with Crippen molar-refractivity contribution in [1.82, 2.24) is 15.5 Å². The van der Waals surface area contributed by atoms with Gasteiger partial charge in [-0.25, -0.2) is 8.78 Å². The molecule has 2 atom stereocenters. The highest BCUT2D eigenvalue weighted by molar-refractivity contribution is 5.83. The second-order valence-electron chi connectivity index (χ2n) is 9.22. The van der Waals surface area contributed by atoms with Gasteiger partial charge in [0.2, 0.25) is 5.91 Å². The lowest BCUT2D eigenvalue weighted by Gasteiger charge is -2.40. The second-order valence-corrected chi connectivity index (χ2v) is 9.22. The molecule has 2 aromatic rings. The van der Waals surface area contributed by atoms with E-state index in [-0.39, 0.29) is 28.5 Å². The summed E-state index contributed by atoms with van der Waals surface area (Å²) in [4.78, 5) is 13.0. The fourth-order valence-corrected chi connectivity index (χ4v) is 4.42. The average molecular weight is 402 g/mol. The standard InChI is InChI=1S/C23H29F2N3O/c1-14(2)12-26-21(29)23(5)10-9-16(22(23,3)4)15-11-19(28-27-13-15)20-17(24)7-6-8-18(20)25/h6-8,11,13-14,16H,9-10,12H2,1-5H3,(H,26,29)/t16-,23-/m1/s1. The topological polar surface area (TPSA) is 54.9 Å². The molecule has 1 amide bonds. The lowest BCUT2D eigenvalue weighted by molar-refractivity contribution is -0.135. The first-order chi connectivity index (χ1) is 13.6. The number of nitrogens with one attached hydrogen (secondary N) is 1. The number of nitrogens with zero attached hydrogens (tertiary/aromatic N) is 2. The van der Waals surface area contributed by atoms with Crippen molar-refractivity contribution in [2.75, 3.05) is 6.54 Å². The normalized spacial score (nSPS) is 23.4. The Balaban J connectivity index is 1.93. The van der Waals surface area contributed by atoms with Gasteiger partial charge in [0.05, 0.1) is 22.9 Å². The van der Waals surface area contributed by atoms with E-state index in [0.29, 0.717) is 12.5 Å². The van der Waals surface area contributed by atoms with E-state index >= 15 is 0 Å². The maximum atomic E-state index is 14.2. The van der Waals surface area contributed by atoms with Crippen LogP contribution in [0.2, 0.25) is 0 Å². The molecule has 1 aromatic heterocycles. The Labute approximate surface area is 171 Å². The summed E-state index contributed by atoms with van der Waals surface area (Å²) in [6.45, 7) is 11.0. The van der Waals surface area contributed by atoms with E-state index in [4.69, 9.17) is 0 Å². The second kappa shape index (κ2) is 7.81. The molecule has 1 heterocycles. The number of carbonyl (C=O) groups is 1. The van der Waals surface area contributed by atoms with Crippen molar-refractivity contribution in [2.24, 2.45) is 16.7 Å². The molecule has 1 N–H and O–H groups in total. The summed E-state index contributed by atoms with van der Waals surface area (Å²) in [5.74, 6) is -0.868. The average Bonchev–Trinajstić information content (AvgIpc) is 2.90. The summed E-state index contributed by atoms with van der Waals surface area (Å²) in [5, 5.41) is 11.1. The zero-order valence-corrected chi connectivity index (χ0v) is 17.7. The van der Waals surface area contributed by atoms with Crippen LogP contribution in [-0.2, 0) is 4.79 Å². The molecule has 29 heavy (non-hydrogen) atoms. The Morgan fingerprint density at radius 1 is 1.24 bits per heavy atom. The molecule has 0 bridgehead atoms. The number of aromatic nitrogens is 2. The van der Waals surface area contributed by atoms with E-state index in [9.17, 15) is 13.6 Å². The summed E-state index contributed by atoms with van der Waals surface area (Å²) < 4.78 is 28.4. The molecule has 6 heteroatoms. The highest BCUT2D eigenvalue weighted by Crippen LogP contribution is 2.60. The van der Waals surface area contributed by atoms with Crippen molar-refractivity contribution >= 4 is 5.91 Å². The van der Waals surface area contributed by atoms with E-state index in [1.54, 1.807) is 12.3 Å². The minimum absolute atomic E-state index is 0.0291. The van der Waals surface area contributed by atoms with Gasteiger partial charge in [-0.3, -0.25) is 4.79 Å². The van der Waals surface area contributed by atoms with Crippen molar-refractivity contribution < 1.29 is 13.6 Å². The molecule has 0 saturated heterocycles. The minimum Gasteiger partial charge on any atom is -0.355 e. The molecule has 156 valence electrons. The van der Waals surface area contributed by atoms with Gasteiger partial charge in [0.1, 0.15) is 11.6 Å². The van der Waals surface area contributed by atoms with E-state index in [1.165, 1.54) is 18.2 Å². The lowest BCUT2D eigenvalue weighted by Crippen LogP contribution is -2.47. The van der Waals surface area contributed by atoms with E-state index in [2.05, 4.69) is 43.2 Å². The zero-order valence-electron chi connectivity index (χ0n) is 17.7. The van der Waals surface area contributed by atoms with Gasteiger partial charge >= 0.3 is 0 Å². The number of hydrogen-bond acceptors (Lipinski definition) is 3. The number of benzene rings is 1. The first kappa shape index (κ1) is 21.3. The third kappa shape index (κ3) is 3.77. The molecule has 0 unspecified atom stereocenters. The van der Waals surface area contributed by atoms with E-state index in [1.807, 2.05) is 6.92 Å². The van der Waals surface area contributed by atoms with Crippen LogP contribution in [0.25, 0.3) is 11.3 Å². The number of carbonyl (C=O) groups excluding carboxylic acids is 1. The van der Waals surface area contributed by atoms with Crippen molar-refractivity contribution in [3.63, 3.8) is 0 Å². The molecule has 0 spiro atoms. The molecule has 1 fully saturated rings. The molecule has 3 rings (SSSR count). The van der Waals surface area contributed by atoms with Crippen LogP contribution >= 0.6 is 0 Å². The Bertz CT molecular complexity index is 892. The van der Waals surface area contributed by atoms with E-state index in [0.717, 1.165) is 18.4 Å². The van der Waals surface area contributed by atoms with Gasteiger partial charge in [-0.05, 0) is 53.9 Å². The number of hydrogen-bond donors (Lipinski definition) is 1. The Kier molecular flexibility index (Phi) is 5.74. The number of halogens is 2. The first-order valence-corrected chi connectivity index (χ1v) is 10.1. The summed E-state index contributed by atoms with van der Waals surface area (Å²) in [5.41, 5.74) is -0.0497. The number of rotatable bonds is 5. The Morgan fingerprint density at radius 3 is 2.52 bits per heavy atom. The SMILES string of the molecule is CC(C)CNC(=O)[C@@]1(C)CC[C@H](c2cnnc(-c3c(F)cccc3F)c2)C1(C)C. The molecule has 1 saturated carbocycles. The highest BCUT2D eigenvalue weighted by Gasteiger charge is 2.56. The van der Waals surface area contributed by atoms with Gasteiger partial charge in [-0.1, -0.05) is 40.7 Å². The first-order valence-electron chi connectivity index (χ1n) is 10.1. The third-order valence-electron chi connectivity index (χ3n) is 6.70. The highest BCUT2D eigenvalue weighted by atomic mass is 19.1. The number of amides is 1. The van der Waals surface area contributed by atoms with Gasteiger partial charge in [-0.15, -0.1) is 0 Å². The predicted molar refractivity (Wildman–Crippen MR) is 109 cm³/mol. The van der Waals surface area contributed by atoms with Crippen LogP contribution < -0.4 is 5.32 Å². The summed E-state index contributed by atoms with van der Waals surface area (Å²) in [7, 11) is 0. The molecule has 1 aliphatic rings. The maximum absolute atomic E-state index is 14.2. The van der Waals surface area contributed by atoms with Crippen molar-refractivity contribution in [2.45, 2.75) is 53.4 Å². The van der Waals surface area contributed by atoms with Crippen LogP contribution in [-0.4, -0.2) is 22.6 Å². The lowest BCUT2D eigenvalue weighted by atomic mass is 9.64. The summed E-state index contributed by atoms with van der Waals surface area (Å²) >= 11 is 0. The van der Waals surface area contributed by atoms with Gasteiger partial charge in [0, 0.05) is 6.54 Å². The van der Waals surface area contributed by atoms with Crippen molar-refractivity contribution in [3.05, 3.63) is 47.7 Å². The molecular weight excluding hydrogens is 372 g/mol. The van der Waals surface area contributed by atoms with Gasteiger partial charge < -0.3 is 5.32 Å². The maximum Gasteiger partial charge on any atom is 0.226 e. The van der Waals surface area contributed by atoms with Gasteiger partial charge in [0.25, 0.3) is 0 Å². The van der Waals surface area contributed by atoms with Crippen LogP contribution in [0.5, 0.6) is 0 Å². The van der Waals surface area contributed by atoms with Crippen LogP contribution in [0.4, 0.5) is 8.78 Å². The molecule has 0 radical (unpaired) electrons. The molecule has 1 aliphatic carbocycles. The largest absolute Gasteiger partial charge is 0.355 e. The fourth-order valence-electron chi connectivity index (χ4n) is 4.42. The zero-order chi connectivity index (χ0) is 21.4. The minimum atomic E-state index is -0.667. The molecule has 0 aliphatic heterocycles. The van der Waals surface area contributed by atoms with Crippen LogP contribution in [0.1, 0.15) is 58.9 Å². The summed E-state index contributed by atoms with van der Waals surface area (Å²) in [6, 6.07) is 5.45. The predicted octanol–water partition coefficient (Wildman–Crippen LogP) is 5.10. The quantitative estimate of drug-likeness (QED) is 0.758. The third-order valence-corrected chi connectivity index (χ3v) is 6.70. The van der Waals surface area contributed by atoms with Gasteiger partial charge in [0.15, 0.2) is 0 Å².